The van der Waals surface area contributed by atoms with Crippen LogP contribution in [0.4, 0.5) is 0 Å². The van der Waals surface area contributed by atoms with E-state index < -0.39 is 0 Å². The van der Waals surface area contributed by atoms with Crippen LogP contribution in [-0.2, 0) is 0 Å². The Morgan fingerprint density at radius 3 is 2.50 bits per heavy atom. The standard InChI is InChI=1S/C13H9BrO2/c14-13-5-4-10(6-11(13)8-15)9-2-1-3-12(16)7-9/h1-8,16H. The van der Waals surface area contributed by atoms with E-state index in [4.69, 9.17) is 0 Å². The Morgan fingerprint density at radius 2 is 1.81 bits per heavy atom. The molecule has 2 aromatic carbocycles. The average Bonchev–Trinajstić information content (AvgIpc) is 2.29. The maximum absolute atomic E-state index is 10.8. The third kappa shape index (κ3) is 2.14. The van der Waals surface area contributed by atoms with Crippen LogP contribution in [-0.4, -0.2) is 11.4 Å². The van der Waals surface area contributed by atoms with Crippen LogP contribution in [0.1, 0.15) is 10.4 Å². The SMILES string of the molecule is O=Cc1cc(-c2cccc(O)c2)ccc1Br. The van der Waals surface area contributed by atoms with Gasteiger partial charge >= 0.3 is 0 Å². The van der Waals surface area contributed by atoms with E-state index >= 15 is 0 Å². The Bertz CT molecular complexity index is 535. The predicted octanol–water partition coefficient (Wildman–Crippen LogP) is 3.63. The van der Waals surface area contributed by atoms with Gasteiger partial charge in [0.1, 0.15) is 5.75 Å². The zero-order valence-corrected chi connectivity index (χ0v) is 9.94. The molecule has 0 amide bonds. The molecule has 0 aliphatic heterocycles. The highest BCUT2D eigenvalue weighted by molar-refractivity contribution is 9.10. The minimum Gasteiger partial charge on any atom is -0.508 e. The Hall–Kier alpha value is -1.61. The summed E-state index contributed by atoms with van der Waals surface area (Å²) in [5.41, 5.74) is 2.39. The summed E-state index contributed by atoms with van der Waals surface area (Å²) in [5, 5.41) is 9.38. The van der Waals surface area contributed by atoms with Gasteiger partial charge in [0.05, 0.1) is 0 Å². The molecule has 80 valence electrons. The maximum Gasteiger partial charge on any atom is 0.151 e. The number of phenolic OH excluding ortho intramolecular Hbond substituents is 1. The summed E-state index contributed by atoms with van der Waals surface area (Å²) in [6, 6.07) is 12.4. The molecule has 0 unspecified atom stereocenters. The van der Waals surface area contributed by atoms with Crippen molar-refractivity contribution in [2.45, 2.75) is 0 Å². The number of carbonyl (C=O) groups is 1. The van der Waals surface area contributed by atoms with Crippen LogP contribution in [0.5, 0.6) is 5.75 Å². The second kappa shape index (κ2) is 4.49. The van der Waals surface area contributed by atoms with Crippen LogP contribution in [0.15, 0.2) is 46.9 Å². The van der Waals surface area contributed by atoms with Crippen molar-refractivity contribution in [1.82, 2.24) is 0 Å². The Morgan fingerprint density at radius 1 is 1.06 bits per heavy atom. The lowest BCUT2D eigenvalue weighted by atomic mass is 10.0. The fourth-order valence-electron chi connectivity index (χ4n) is 1.50. The lowest BCUT2D eigenvalue weighted by Gasteiger charge is -2.04. The molecule has 0 bridgehead atoms. The normalized spacial score (nSPS) is 10.1. The highest BCUT2D eigenvalue weighted by Crippen LogP contribution is 2.26. The minimum atomic E-state index is 0.216. The van der Waals surface area contributed by atoms with Gasteiger partial charge < -0.3 is 5.11 Å². The molecular weight excluding hydrogens is 268 g/mol. The summed E-state index contributed by atoms with van der Waals surface area (Å²) < 4.78 is 0.770. The quantitative estimate of drug-likeness (QED) is 0.851. The molecule has 0 spiro atoms. The predicted molar refractivity (Wildman–Crippen MR) is 66.6 cm³/mol. The van der Waals surface area contributed by atoms with Crippen LogP contribution >= 0.6 is 15.9 Å². The molecule has 0 aromatic heterocycles. The molecule has 0 atom stereocenters. The number of halogens is 1. The number of hydrogen-bond donors (Lipinski definition) is 1. The van der Waals surface area contributed by atoms with Crippen molar-refractivity contribution in [3.63, 3.8) is 0 Å². The first-order valence-corrected chi connectivity index (χ1v) is 5.54. The van der Waals surface area contributed by atoms with Crippen molar-refractivity contribution < 1.29 is 9.90 Å². The van der Waals surface area contributed by atoms with Crippen molar-refractivity contribution in [2.75, 3.05) is 0 Å². The van der Waals surface area contributed by atoms with E-state index in [1.54, 1.807) is 24.3 Å². The molecule has 1 N–H and O–H groups in total. The fraction of sp³-hybridized carbons (Fsp3) is 0. The van der Waals surface area contributed by atoms with Gasteiger partial charge in [-0.3, -0.25) is 4.79 Å². The summed E-state index contributed by atoms with van der Waals surface area (Å²) in [5.74, 6) is 0.216. The summed E-state index contributed by atoms with van der Waals surface area (Å²) in [7, 11) is 0. The van der Waals surface area contributed by atoms with Gasteiger partial charge in [-0.1, -0.05) is 34.1 Å². The summed E-state index contributed by atoms with van der Waals surface area (Å²) >= 11 is 3.30. The molecule has 2 nitrogen and oxygen atoms in total. The van der Waals surface area contributed by atoms with Crippen molar-refractivity contribution >= 4 is 22.2 Å². The first kappa shape index (κ1) is 10.9. The van der Waals surface area contributed by atoms with Crippen molar-refractivity contribution in [2.24, 2.45) is 0 Å². The van der Waals surface area contributed by atoms with Crippen molar-refractivity contribution in [3.05, 3.63) is 52.5 Å². The van der Waals surface area contributed by atoms with Crippen LogP contribution in [0.2, 0.25) is 0 Å². The lowest BCUT2D eigenvalue weighted by Crippen LogP contribution is -1.84. The van der Waals surface area contributed by atoms with Gasteiger partial charge in [0.15, 0.2) is 6.29 Å². The number of aldehydes is 1. The van der Waals surface area contributed by atoms with Crippen LogP contribution in [0, 0.1) is 0 Å². The maximum atomic E-state index is 10.8. The highest BCUT2D eigenvalue weighted by Gasteiger charge is 2.03. The van der Waals surface area contributed by atoms with E-state index in [0.717, 1.165) is 21.9 Å². The number of benzene rings is 2. The largest absolute Gasteiger partial charge is 0.508 e. The number of hydrogen-bond acceptors (Lipinski definition) is 2. The van der Waals surface area contributed by atoms with E-state index in [2.05, 4.69) is 15.9 Å². The third-order valence-corrected chi connectivity index (χ3v) is 3.02. The molecule has 0 fully saturated rings. The molecule has 2 aromatic rings. The molecule has 0 aliphatic rings. The van der Waals surface area contributed by atoms with Crippen LogP contribution < -0.4 is 0 Å². The molecule has 0 saturated carbocycles. The van der Waals surface area contributed by atoms with Gasteiger partial charge in [0.2, 0.25) is 0 Å². The Kier molecular flexibility index (Phi) is 3.06. The van der Waals surface area contributed by atoms with E-state index in [-0.39, 0.29) is 5.75 Å². The zero-order chi connectivity index (χ0) is 11.5. The molecule has 3 heteroatoms. The number of aromatic hydroxyl groups is 1. The molecule has 16 heavy (non-hydrogen) atoms. The summed E-state index contributed by atoms with van der Waals surface area (Å²) in [6.45, 7) is 0. The fourth-order valence-corrected chi connectivity index (χ4v) is 1.84. The van der Waals surface area contributed by atoms with Crippen LogP contribution in [0.3, 0.4) is 0 Å². The molecule has 0 aliphatic carbocycles. The second-order valence-electron chi connectivity index (χ2n) is 3.40. The van der Waals surface area contributed by atoms with E-state index in [0.29, 0.717) is 5.56 Å². The molecule has 0 heterocycles. The van der Waals surface area contributed by atoms with Crippen molar-refractivity contribution in [1.29, 1.82) is 0 Å². The highest BCUT2D eigenvalue weighted by atomic mass is 79.9. The van der Waals surface area contributed by atoms with Gasteiger partial charge in [-0.2, -0.15) is 0 Å². The molecule has 2 rings (SSSR count). The third-order valence-electron chi connectivity index (χ3n) is 2.30. The zero-order valence-electron chi connectivity index (χ0n) is 8.35. The average molecular weight is 277 g/mol. The summed E-state index contributed by atoms with van der Waals surface area (Å²) in [6.07, 6.45) is 0.802. The van der Waals surface area contributed by atoms with Gasteiger partial charge in [-0.25, -0.2) is 0 Å². The van der Waals surface area contributed by atoms with E-state index in [1.807, 2.05) is 18.2 Å². The van der Waals surface area contributed by atoms with E-state index in [1.165, 1.54) is 0 Å². The summed E-state index contributed by atoms with van der Waals surface area (Å²) in [4.78, 5) is 10.8. The van der Waals surface area contributed by atoms with Crippen LogP contribution in [0.25, 0.3) is 11.1 Å². The second-order valence-corrected chi connectivity index (χ2v) is 4.26. The topological polar surface area (TPSA) is 37.3 Å². The number of phenols is 1. The lowest BCUT2D eigenvalue weighted by molar-refractivity contribution is 0.112. The van der Waals surface area contributed by atoms with Gasteiger partial charge in [0.25, 0.3) is 0 Å². The van der Waals surface area contributed by atoms with Gasteiger partial charge in [-0.15, -0.1) is 0 Å². The smallest absolute Gasteiger partial charge is 0.151 e. The van der Waals surface area contributed by atoms with E-state index in [9.17, 15) is 9.90 Å². The number of carbonyl (C=O) groups excluding carboxylic acids is 1. The monoisotopic (exact) mass is 276 g/mol. The Labute approximate surface area is 102 Å². The Balaban J connectivity index is 2.52. The molecule has 0 saturated heterocycles. The van der Waals surface area contributed by atoms with Gasteiger partial charge in [0, 0.05) is 10.0 Å². The van der Waals surface area contributed by atoms with Gasteiger partial charge in [-0.05, 0) is 35.4 Å². The number of rotatable bonds is 2. The minimum absolute atomic E-state index is 0.216. The first-order valence-electron chi connectivity index (χ1n) is 4.75. The van der Waals surface area contributed by atoms with Crippen molar-refractivity contribution in [3.8, 4) is 16.9 Å². The molecule has 0 radical (unpaired) electrons. The first-order chi connectivity index (χ1) is 7.70. The molecular formula is C13H9BrO2.